The summed E-state index contributed by atoms with van der Waals surface area (Å²) in [5.74, 6) is -0.157. The van der Waals surface area contributed by atoms with Gasteiger partial charge in [0.2, 0.25) is 0 Å². The van der Waals surface area contributed by atoms with E-state index in [4.69, 9.17) is 0 Å². The van der Waals surface area contributed by atoms with Crippen LogP contribution in [0.15, 0.2) is 42.5 Å². The Hall–Kier alpha value is -2.34. The zero-order valence-electron chi connectivity index (χ0n) is 14.1. The summed E-state index contributed by atoms with van der Waals surface area (Å²) in [5, 5.41) is 2.84. The molecule has 0 aliphatic carbocycles. The van der Waals surface area contributed by atoms with Gasteiger partial charge in [-0.05, 0) is 36.6 Å². The second-order valence-corrected chi connectivity index (χ2v) is 5.93. The molecule has 25 heavy (non-hydrogen) atoms. The number of benzene rings is 2. The van der Waals surface area contributed by atoms with E-state index in [1.165, 1.54) is 0 Å². The van der Waals surface area contributed by atoms with Crippen LogP contribution in [0.2, 0.25) is 0 Å². The molecule has 6 heteroatoms. The first-order chi connectivity index (χ1) is 11.7. The summed E-state index contributed by atoms with van der Waals surface area (Å²) in [7, 11) is 0. The molecule has 2 aromatic rings. The normalized spacial score (nSPS) is 11.4. The van der Waals surface area contributed by atoms with Crippen molar-refractivity contribution in [3.05, 3.63) is 70.3 Å². The lowest BCUT2D eigenvalue weighted by atomic mass is 10.1. The Balaban J connectivity index is 1.85. The van der Waals surface area contributed by atoms with E-state index < -0.39 is 12.8 Å². The zero-order valence-corrected chi connectivity index (χ0v) is 14.1. The maximum absolute atomic E-state index is 12.2. The minimum atomic E-state index is -4.32. The van der Waals surface area contributed by atoms with Crippen molar-refractivity contribution < 1.29 is 22.7 Å². The molecule has 0 aliphatic heterocycles. The standard InChI is InChI=1S/C19H20F3NO2/c1-13-3-8-17(14(2)9-13)18(24)23-10-15-4-6-16(7-5-15)11-25-12-19(20,21)22/h3-9H,10-12H2,1-2H3,(H,23,24). The molecule has 0 heterocycles. The number of alkyl halides is 3. The molecule has 0 aliphatic rings. The van der Waals surface area contributed by atoms with Gasteiger partial charge in [-0.2, -0.15) is 13.2 Å². The lowest BCUT2D eigenvalue weighted by Gasteiger charge is -2.10. The van der Waals surface area contributed by atoms with Gasteiger partial charge in [-0.25, -0.2) is 0 Å². The Morgan fingerprint density at radius 1 is 1.04 bits per heavy atom. The summed E-state index contributed by atoms with van der Waals surface area (Å²) in [4.78, 5) is 12.2. The van der Waals surface area contributed by atoms with Crippen molar-refractivity contribution in [1.29, 1.82) is 0 Å². The quantitative estimate of drug-likeness (QED) is 0.842. The third kappa shape index (κ3) is 6.23. The van der Waals surface area contributed by atoms with E-state index in [1.54, 1.807) is 30.3 Å². The molecule has 0 aromatic heterocycles. The van der Waals surface area contributed by atoms with Crippen molar-refractivity contribution in [1.82, 2.24) is 5.32 Å². The van der Waals surface area contributed by atoms with E-state index in [0.29, 0.717) is 17.7 Å². The zero-order chi connectivity index (χ0) is 18.4. The highest BCUT2D eigenvalue weighted by Crippen LogP contribution is 2.16. The van der Waals surface area contributed by atoms with Crippen LogP contribution < -0.4 is 5.32 Å². The molecule has 3 nitrogen and oxygen atoms in total. The molecule has 0 saturated carbocycles. The lowest BCUT2D eigenvalue weighted by molar-refractivity contribution is -0.176. The molecule has 0 fully saturated rings. The molecular weight excluding hydrogens is 331 g/mol. The van der Waals surface area contributed by atoms with Gasteiger partial charge in [0.05, 0.1) is 6.61 Å². The fourth-order valence-corrected chi connectivity index (χ4v) is 2.38. The first-order valence-corrected chi connectivity index (χ1v) is 7.82. The van der Waals surface area contributed by atoms with Gasteiger partial charge in [0.25, 0.3) is 5.91 Å². The van der Waals surface area contributed by atoms with E-state index in [1.807, 2.05) is 26.0 Å². The van der Waals surface area contributed by atoms with Gasteiger partial charge in [0.1, 0.15) is 6.61 Å². The van der Waals surface area contributed by atoms with Crippen LogP contribution in [-0.2, 0) is 17.9 Å². The van der Waals surface area contributed by atoms with Crippen LogP contribution in [0.25, 0.3) is 0 Å². The molecule has 0 saturated heterocycles. The monoisotopic (exact) mass is 351 g/mol. The molecule has 2 rings (SSSR count). The molecular formula is C19H20F3NO2. The van der Waals surface area contributed by atoms with Gasteiger partial charge in [0.15, 0.2) is 0 Å². The number of nitrogens with one attached hydrogen (secondary N) is 1. The number of halogens is 3. The van der Waals surface area contributed by atoms with Crippen LogP contribution in [0.1, 0.15) is 32.6 Å². The summed E-state index contributed by atoms with van der Waals surface area (Å²) < 4.78 is 40.7. The Bertz CT molecular complexity index is 724. The molecule has 0 radical (unpaired) electrons. The lowest BCUT2D eigenvalue weighted by Crippen LogP contribution is -2.23. The van der Waals surface area contributed by atoms with Crippen LogP contribution >= 0.6 is 0 Å². The second-order valence-electron chi connectivity index (χ2n) is 5.93. The van der Waals surface area contributed by atoms with Crippen LogP contribution in [0, 0.1) is 13.8 Å². The van der Waals surface area contributed by atoms with Crippen LogP contribution in [0.5, 0.6) is 0 Å². The Kier molecular flexibility index (Phi) is 6.20. The molecule has 1 N–H and O–H groups in total. The summed E-state index contributed by atoms with van der Waals surface area (Å²) >= 11 is 0. The van der Waals surface area contributed by atoms with Crippen molar-refractivity contribution in [2.45, 2.75) is 33.2 Å². The largest absolute Gasteiger partial charge is 0.411 e. The van der Waals surface area contributed by atoms with E-state index in [2.05, 4.69) is 10.1 Å². The molecule has 0 spiro atoms. The van der Waals surface area contributed by atoms with Gasteiger partial charge in [-0.3, -0.25) is 4.79 Å². The SMILES string of the molecule is Cc1ccc(C(=O)NCc2ccc(COCC(F)(F)F)cc2)c(C)c1. The number of hydrogen-bond donors (Lipinski definition) is 1. The third-order valence-corrected chi connectivity index (χ3v) is 3.64. The summed E-state index contributed by atoms with van der Waals surface area (Å²) in [6.07, 6.45) is -4.32. The van der Waals surface area contributed by atoms with E-state index in [-0.39, 0.29) is 12.5 Å². The Morgan fingerprint density at radius 3 is 2.28 bits per heavy atom. The number of ether oxygens (including phenoxy) is 1. The number of aryl methyl sites for hydroxylation is 2. The second kappa shape index (κ2) is 8.16. The fraction of sp³-hybridized carbons (Fsp3) is 0.316. The van der Waals surface area contributed by atoms with E-state index >= 15 is 0 Å². The van der Waals surface area contributed by atoms with Crippen LogP contribution in [0.4, 0.5) is 13.2 Å². The molecule has 0 unspecified atom stereocenters. The predicted molar refractivity (Wildman–Crippen MR) is 89.2 cm³/mol. The van der Waals surface area contributed by atoms with Crippen molar-refractivity contribution in [2.24, 2.45) is 0 Å². The van der Waals surface area contributed by atoms with Crippen LogP contribution in [-0.4, -0.2) is 18.7 Å². The minimum Gasteiger partial charge on any atom is -0.367 e. The molecule has 1 amide bonds. The highest BCUT2D eigenvalue weighted by molar-refractivity contribution is 5.95. The Morgan fingerprint density at radius 2 is 1.68 bits per heavy atom. The predicted octanol–water partition coefficient (Wildman–Crippen LogP) is 4.31. The van der Waals surface area contributed by atoms with Gasteiger partial charge in [-0.15, -0.1) is 0 Å². The number of hydrogen-bond acceptors (Lipinski definition) is 2. The number of carbonyl (C=O) groups is 1. The highest BCUT2D eigenvalue weighted by Gasteiger charge is 2.27. The topological polar surface area (TPSA) is 38.3 Å². The average Bonchev–Trinajstić information content (AvgIpc) is 2.52. The van der Waals surface area contributed by atoms with E-state index in [0.717, 1.165) is 16.7 Å². The maximum Gasteiger partial charge on any atom is 0.411 e. The molecule has 0 atom stereocenters. The smallest absolute Gasteiger partial charge is 0.367 e. The van der Waals surface area contributed by atoms with Gasteiger partial charge in [0, 0.05) is 12.1 Å². The number of rotatable bonds is 6. The average molecular weight is 351 g/mol. The van der Waals surface area contributed by atoms with E-state index in [9.17, 15) is 18.0 Å². The minimum absolute atomic E-state index is 0.102. The molecule has 134 valence electrons. The highest BCUT2D eigenvalue weighted by atomic mass is 19.4. The summed E-state index contributed by atoms with van der Waals surface area (Å²) in [5.41, 5.74) is 4.14. The first kappa shape index (κ1) is 19.0. The molecule has 0 bridgehead atoms. The maximum atomic E-state index is 12.2. The summed E-state index contributed by atoms with van der Waals surface area (Å²) in [6.45, 7) is 2.83. The summed E-state index contributed by atoms with van der Waals surface area (Å²) in [6, 6.07) is 12.5. The van der Waals surface area contributed by atoms with Crippen LogP contribution in [0.3, 0.4) is 0 Å². The number of amides is 1. The molecule has 2 aromatic carbocycles. The third-order valence-electron chi connectivity index (χ3n) is 3.64. The first-order valence-electron chi connectivity index (χ1n) is 7.82. The van der Waals surface area contributed by atoms with Crippen molar-refractivity contribution in [3.8, 4) is 0 Å². The van der Waals surface area contributed by atoms with Crippen molar-refractivity contribution in [2.75, 3.05) is 6.61 Å². The van der Waals surface area contributed by atoms with Gasteiger partial charge in [-0.1, -0.05) is 42.0 Å². The van der Waals surface area contributed by atoms with Gasteiger partial charge < -0.3 is 10.1 Å². The van der Waals surface area contributed by atoms with Crippen molar-refractivity contribution in [3.63, 3.8) is 0 Å². The van der Waals surface area contributed by atoms with Crippen molar-refractivity contribution >= 4 is 5.91 Å². The fourth-order valence-electron chi connectivity index (χ4n) is 2.38. The number of carbonyl (C=O) groups excluding carboxylic acids is 1. The Labute approximate surface area is 144 Å². The van der Waals surface area contributed by atoms with Gasteiger partial charge >= 0.3 is 6.18 Å².